The zero-order valence-corrected chi connectivity index (χ0v) is 16.4. The molecule has 0 aromatic heterocycles. The fourth-order valence-corrected chi connectivity index (χ4v) is 4.03. The molecule has 1 aliphatic heterocycles. The summed E-state index contributed by atoms with van der Waals surface area (Å²) in [4.78, 5) is 0. The fourth-order valence-electron chi connectivity index (χ4n) is 3.54. The maximum atomic E-state index is 5.59. The smallest absolute Gasteiger partial charge is 0.133 e. The number of halogens is 1. The lowest BCUT2D eigenvalue weighted by atomic mass is 9.86. The third-order valence-electron chi connectivity index (χ3n) is 4.87. The van der Waals surface area contributed by atoms with Crippen LogP contribution >= 0.6 is 15.9 Å². The normalized spacial score (nSPS) is 20.2. The van der Waals surface area contributed by atoms with Crippen molar-refractivity contribution in [3.8, 4) is 17.2 Å². The number of methoxy groups -OCH3 is 3. The van der Waals surface area contributed by atoms with Crippen molar-refractivity contribution in [2.45, 2.75) is 24.8 Å². The number of rotatable bonds is 5. The van der Waals surface area contributed by atoms with Gasteiger partial charge in [0, 0.05) is 29.6 Å². The second-order valence-electron chi connectivity index (χ2n) is 6.21. The highest BCUT2D eigenvalue weighted by Gasteiger charge is 2.27. The quantitative estimate of drug-likeness (QED) is 0.783. The molecule has 1 N–H and O–H groups in total. The molecule has 2 aromatic carbocycles. The van der Waals surface area contributed by atoms with Crippen molar-refractivity contribution in [1.29, 1.82) is 0 Å². The molecule has 5 heteroatoms. The van der Waals surface area contributed by atoms with Crippen LogP contribution in [0.25, 0.3) is 0 Å². The molecule has 1 heterocycles. The minimum absolute atomic E-state index is 0.315. The lowest BCUT2D eigenvalue weighted by Crippen LogP contribution is -2.32. The average Bonchev–Trinajstić information content (AvgIpc) is 2.67. The van der Waals surface area contributed by atoms with Gasteiger partial charge < -0.3 is 19.5 Å². The second-order valence-corrected chi connectivity index (χ2v) is 7.06. The lowest BCUT2D eigenvalue weighted by molar-refractivity contribution is 0.341. The molecule has 2 aromatic rings. The molecule has 0 saturated carbocycles. The minimum Gasteiger partial charge on any atom is -0.496 e. The Labute approximate surface area is 157 Å². The third-order valence-corrected chi connectivity index (χ3v) is 5.49. The van der Waals surface area contributed by atoms with Crippen LogP contribution in [0.4, 0.5) is 0 Å². The summed E-state index contributed by atoms with van der Waals surface area (Å²) in [5.41, 5.74) is 2.41. The van der Waals surface area contributed by atoms with Gasteiger partial charge in [-0.1, -0.05) is 18.2 Å². The molecule has 2 atom stereocenters. The predicted molar refractivity (Wildman–Crippen MR) is 103 cm³/mol. The Bertz CT molecular complexity index is 727. The maximum absolute atomic E-state index is 5.59. The zero-order chi connectivity index (χ0) is 17.8. The number of para-hydroxylation sites is 1. The van der Waals surface area contributed by atoms with Crippen LogP contribution in [0.15, 0.2) is 40.9 Å². The Morgan fingerprint density at radius 3 is 2.24 bits per heavy atom. The van der Waals surface area contributed by atoms with Crippen molar-refractivity contribution in [2.24, 2.45) is 0 Å². The lowest BCUT2D eigenvalue weighted by Gasteiger charge is -2.32. The molecule has 0 radical (unpaired) electrons. The van der Waals surface area contributed by atoms with Crippen molar-refractivity contribution in [3.63, 3.8) is 0 Å². The van der Waals surface area contributed by atoms with E-state index in [1.54, 1.807) is 21.3 Å². The van der Waals surface area contributed by atoms with Crippen LogP contribution in [0, 0.1) is 0 Å². The van der Waals surface area contributed by atoms with Crippen molar-refractivity contribution >= 4 is 15.9 Å². The molecule has 4 nitrogen and oxygen atoms in total. The average molecular weight is 406 g/mol. The van der Waals surface area contributed by atoms with Crippen LogP contribution in [-0.4, -0.2) is 27.9 Å². The van der Waals surface area contributed by atoms with Gasteiger partial charge in [-0.2, -0.15) is 0 Å². The molecule has 3 rings (SSSR count). The summed E-state index contributed by atoms with van der Waals surface area (Å²) in [5, 5.41) is 3.67. The second kappa shape index (κ2) is 8.11. The number of nitrogens with one attached hydrogen (secondary N) is 1. The molecule has 1 saturated heterocycles. The van der Waals surface area contributed by atoms with Gasteiger partial charge in [0.15, 0.2) is 0 Å². The molecule has 0 spiro atoms. The van der Waals surface area contributed by atoms with E-state index in [1.165, 1.54) is 11.1 Å². The topological polar surface area (TPSA) is 39.7 Å². The van der Waals surface area contributed by atoms with Gasteiger partial charge in [-0.3, -0.25) is 0 Å². The van der Waals surface area contributed by atoms with Gasteiger partial charge in [-0.15, -0.1) is 0 Å². The molecule has 0 bridgehead atoms. The molecular weight excluding hydrogens is 382 g/mol. The highest BCUT2D eigenvalue weighted by Crippen LogP contribution is 2.41. The zero-order valence-electron chi connectivity index (χ0n) is 14.8. The summed E-state index contributed by atoms with van der Waals surface area (Å²) < 4.78 is 17.5. The van der Waals surface area contributed by atoms with Gasteiger partial charge in [0.1, 0.15) is 17.2 Å². The van der Waals surface area contributed by atoms with E-state index in [0.717, 1.165) is 41.1 Å². The van der Waals surface area contributed by atoms with Gasteiger partial charge >= 0.3 is 0 Å². The first kappa shape index (κ1) is 18.1. The van der Waals surface area contributed by atoms with Crippen molar-refractivity contribution in [2.75, 3.05) is 27.9 Å². The Kier molecular flexibility index (Phi) is 5.86. The molecule has 1 unspecified atom stereocenters. The van der Waals surface area contributed by atoms with E-state index in [9.17, 15) is 0 Å². The SMILES string of the molecule is COc1cc(C2CC[C@H](c3ccccc3OC)NC2)c(OC)cc1Br. The molecule has 25 heavy (non-hydrogen) atoms. The Hall–Kier alpha value is -1.72. The van der Waals surface area contributed by atoms with Crippen LogP contribution < -0.4 is 19.5 Å². The summed E-state index contributed by atoms with van der Waals surface area (Å²) in [7, 11) is 5.13. The van der Waals surface area contributed by atoms with Crippen molar-refractivity contribution < 1.29 is 14.2 Å². The predicted octanol–water partition coefficient (Wildman–Crippen LogP) is 4.68. The Morgan fingerprint density at radius 2 is 1.60 bits per heavy atom. The van der Waals surface area contributed by atoms with E-state index in [4.69, 9.17) is 14.2 Å². The fraction of sp³-hybridized carbons (Fsp3) is 0.400. The molecule has 0 aliphatic carbocycles. The molecule has 1 fully saturated rings. The van der Waals surface area contributed by atoms with E-state index in [-0.39, 0.29) is 0 Å². The molecule has 0 amide bonds. The van der Waals surface area contributed by atoms with Gasteiger partial charge in [-0.05, 0) is 47.0 Å². The first-order valence-corrected chi connectivity index (χ1v) is 9.25. The largest absolute Gasteiger partial charge is 0.496 e. The van der Waals surface area contributed by atoms with Gasteiger partial charge in [0.25, 0.3) is 0 Å². The summed E-state index contributed by atoms with van der Waals surface area (Å²) in [5.74, 6) is 3.07. The minimum atomic E-state index is 0.315. The Balaban J connectivity index is 1.78. The third kappa shape index (κ3) is 3.77. The van der Waals surface area contributed by atoms with Gasteiger partial charge in [0.2, 0.25) is 0 Å². The number of ether oxygens (including phenoxy) is 3. The summed E-state index contributed by atoms with van der Waals surface area (Å²) >= 11 is 3.53. The molecule has 1 aliphatic rings. The summed E-state index contributed by atoms with van der Waals surface area (Å²) in [6.45, 7) is 0.893. The van der Waals surface area contributed by atoms with Crippen LogP contribution in [0.5, 0.6) is 17.2 Å². The van der Waals surface area contributed by atoms with E-state index in [2.05, 4.69) is 39.4 Å². The number of benzene rings is 2. The summed E-state index contributed by atoms with van der Waals surface area (Å²) in [6, 6.07) is 12.6. The standard InChI is InChI=1S/C20H24BrNO3/c1-23-18-7-5-4-6-14(18)17-9-8-13(12-22-17)15-10-20(25-3)16(21)11-19(15)24-2/h4-7,10-11,13,17,22H,8-9,12H2,1-3H3/t13?,17-/m1/s1. The molecule has 134 valence electrons. The van der Waals surface area contributed by atoms with E-state index in [0.29, 0.717) is 12.0 Å². The van der Waals surface area contributed by atoms with Crippen LogP contribution in [0.3, 0.4) is 0 Å². The highest BCUT2D eigenvalue weighted by atomic mass is 79.9. The van der Waals surface area contributed by atoms with Crippen LogP contribution in [0.1, 0.15) is 35.9 Å². The first-order chi connectivity index (χ1) is 12.2. The van der Waals surface area contributed by atoms with E-state index in [1.807, 2.05) is 18.2 Å². The molecular formula is C20H24BrNO3. The highest BCUT2D eigenvalue weighted by molar-refractivity contribution is 9.10. The van der Waals surface area contributed by atoms with Gasteiger partial charge in [0.05, 0.1) is 25.8 Å². The van der Waals surface area contributed by atoms with Crippen LogP contribution in [0.2, 0.25) is 0 Å². The number of piperidine rings is 1. The first-order valence-electron chi connectivity index (χ1n) is 8.45. The van der Waals surface area contributed by atoms with E-state index >= 15 is 0 Å². The van der Waals surface area contributed by atoms with Crippen molar-refractivity contribution in [1.82, 2.24) is 5.32 Å². The monoisotopic (exact) mass is 405 g/mol. The number of hydrogen-bond acceptors (Lipinski definition) is 4. The summed E-state index contributed by atoms with van der Waals surface area (Å²) in [6.07, 6.45) is 2.13. The van der Waals surface area contributed by atoms with Crippen molar-refractivity contribution in [3.05, 3.63) is 52.0 Å². The van der Waals surface area contributed by atoms with E-state index < -0.39 is 0 Å². The van der Waals surface area contributed by atoms with Gasteiger partial charge in [-0.25, -0.2) is 0 Å². The Morgan fingerprint density at radius 1 is 0.880 bits per heavy atom. The maximum Gasteiger partial charge on any atom is 0.133 e. The number of hydrogen-bond donors (Lipinski definition) is 1. The van der Waals surface area contributed by atoms with Crippen LogP contribution in [-0.2, 0) is 0 Å².